The van der Waals surface area contributed by atoms with Gasteiger partial charge in [0.05, 0.1) is 12.0 Å². The van der Waals surface area contributed by atoms with E-state index in [0.29, 0.717) is 6.54 Å². The highest BCUT2D eigenvalue weighted by molar-refractivity contribution is 5.75. The van der Waals surface area contributed by atoms with Gasteiger partial charge in [0.15, 0.2) is 0 Å². The molecule has 2 heterocycles. The molecule has 1 N–H and O–H groups in total. The molecule has 1 amide bonds. The molecule has 0 radical (unpaired) electrons. The summed E-state index contributed by atoms with van der Waals surface area (Å²) in [4.78, 5) is 18.2. The zero-order valence-corrected chi connectivity index (χ0v) is 11.1. The average molecular weight is 250 g/mol. The highest BCUT2D eigenvalue weighted by Gasteiger charge is 2.10. The van der Waals surface area contributed by atoms with E-state index in [1.807, 2.05) is 17.7 Å². The number of aromatic nitrogens is 2. The van der Waals surface area contributed by atoms with Crippen LogP contribution in [0.1, 0.15) is 25.0 Å². The Kier molecular flexibility index (Phi) is 4.75. The third kappa shape index (κ3) is 4.14. The van der Waals surface area contributed by atoms with E-state index in [1.165, 1.54) is 25.9 Å². The van der Waals surface area contributed by atoms with Gasteiger partial charge in [0, 0.05) is 12.7 Å². The molecule has 0 aliphatic carbocycles. The number of nitrogens with zero attached hydrogens (tertiary/aromatic N) is 3. The summed E-state index contributed by atoms with van der Waals surface area (Å²) in [5.74, 6) is 0.0637. The highest BCUT2D eigenvalue weighted by Crippen LogP contribution is 2.06. The molecule has 2 rings (SSSR count). The van der Waals surface area contributed by atoms with E-state index in [1.54, 1.807) is 6.33 Å². The summed E-state index contributed by atoms with van der Waals surface area (Å²) in [7, 11) is 0. The van der Waals surface area contributed by atoms with Gasteiger partial charge in [-0.05, 0) is 45.8 Å². The third-order valence-corrected chi connectivity index (χ3v) is 3.26. The van der Waals surface area contributed by atoms with Crippen molar-refractivity contribution in [3.05, 3.63) is 18.2 Å². The second kappa shape index (κ2) is 6.54. The van der Waals surface area contributed by atoms with Crippen molar-refractivity contribution in [2.45, 2.75) is 32.7 Å². The smallest absolute Gasteiger partial charge is 0.239 e. The van der Waals surface area contributed by atoms with Crippen molar-refractivity contribution in [3.8, 4) is 0 Å². The molecule has 0 unspecified atom stereocenters. The molecule has 1 fully saturated rings. The number of hydrogen-bond donors (Lipinski definition) is 1. The van der Waals surface area contributed by atoms with Crippen molar-refractivity contribution in [2.24, 2.45) is 0 Å². The van der Waals surface area contributed by atoms with Gasteiger partial charge in [-0.15, -0.1) is 0 Å². The Labute approximate surface area is 108 Å². The van der Waals surface area contributed by atoms with Crippen molar-refractivity contribution >= 4 is 5.91 Å². The monoisotopic (exact) mass is 250 g/mol. The second-order valence-corrected chi connectivity index (χ2v) is 4.94. The fourth-order valence-corrected chi connectivity index (χ4v) is 2.32. The van der Waals surface area contributed by atoms with Crippen LogP contribution in [0.2, 0.25) is 0 Å². The molecule has 1 saturated heterocycles. The number of likely N-dealkylation sites (tertiary alicyclic amines) is 1. The fourth-order valence-electron chi connectivity index (χ4n) is 2.32. The summed E-state index contributed by atoms with van der Waals surface area (Å²) in [6.07, 6.45) is 7.26. The van der Waals surface area contributed by atoms with Gasteiger partial charge in [0.25, 0.3) is 0 Å². The Morgan fingerprint density at radius 2 is 2.22 bits per heavy atom. The van der Waals surface area contributed by atoms with Crippen LogP contribution in [0.15, 0.2) is 12.5 Å². The Morgan fingerprint density at radius 3 is 2.89 bits per heavy atom. The van der Waals surface area contributed by atoms with E-state index < -0.39 is 0 Å². The quantitative estimate of drug-likeness (QED) is 0.760. The first-order valence-corrected chi connectivity index (χ1v) is 6.71. The molecule has 5 nitrogen and oxygen atoms in total. The average Bonchev–Trinajstić information content (AvgIpc) is 2.96. The predicted molar refractivity (Wildman–Crippen MR) is 70.3 cm³/mol. The Morgan fingerprint density at radius 1 is 1.44 bits per heavy atom. The van der Waals surface area contributed by atoms with E-state index in [0.717, 1.165) is 25.2 Å². The lowest BCUT2D eigenvalue weighted by atomic mass is 10.4. The van der Waals surface area contributed by atoms with Crippen molar-refractivity contribution in [3.63, 3.8) is 0 Å². The van der Waals surface area contributed by atoms with E-state index in [-0.39, 0.29) is 5.91 Å². The van der Waals surface area contributed by atoms with Gasteiger partial charge < -0.3 is 14.8 Å². The number of hydrogen-bond acceptors (Lipinski definition) is 3. The minimum atomic E-state index is 0.0637. The number of amides is 1. The summed E-state index contributed by atoms with van der Waals surface area (Å²) in [5, 5.41) is 2.95. The molecular formula is C13H22N4O. The van der Waals surface area contributed by atoms with Crippen LogP contribution in [0.3, 0.4) is 0 Å². The first-order chi connectivity index (χ1) is 8.74. The minimum Gasteiger partial charge on any atom is -0.355 e. The maximum absolute atomic E-state index is 11.6. The zero-order valence-electron chi connectivity index (χ0n) is 11.1. The van der Waals surface area contributed by atoms with Crippen LogP contribution < -0.4 is 5.32 Å². The van der Waals surface area contributed by atoms with Gasteiger partial charge in [-0.25, -0.2) is 4.98 Å². The number of rotatable bonds is 6. The van der Waals surface area contributed by atoms with Crippen molar-refractivity contribution in [1.82, 2.24) is 19.8 Å². The lowest BCUT2D eigenvalue weighted by molar-refractivity contribution is -0.121. The van der Waals surface area contributed by atoms with Gasteiger partial charge in [0.2, 0.25) is 5.91 Å². The topological polar surface area (TPSA) is 50.2 Å². The van der Waals surface area contributed by atoms with Gasteiger partial charge >= 0.3 is 0 Å². The van der Waals surface area contributed by atoms with Gasteiger partial charge in [-0.1, -0.05) is 0 Å². The lowest BCUT2D eigenvalue weighted by Crippen LogP contribution is -2.30. The molecule has 0 aromatic carbocycles. The van der Waals surface area contributed by atoms with Crippen LogP contribution in [0.25, 0.3) is 0 Å². The summed E-state index contributed by atoms with van der Waals surface area (Å²) in [6.45, 7) is 6.60. The molecule has 100 valence electrons. The van der Waals surface area contributed by atoms with Crippen LogP contribution in [-0.4, -0.2) is 46.5 Å². The first kappa shape index (κ1) is 13.1. The molecule has 5 heteroatoms. The molecule has 0 bridgehead atoms. The Hall–Kier alpha value is -1.36. The van der Waals surface area contributed by atoms with E-state index >= 15 is 0 Å². The standard InChI is InChI=1S/C13H22N4O/c1-12-9-17(11-15-12)10-13(18)14-5-4-8-16-6-2-3-7-16/h9,11H,2-8,10H2,1H3,(H,14,18). The maximum Gasteiger partial charge on any atom is 0.239 e. The summed E-state index contributed by atoms with van der Waals surface area (Å²) in [6, 6.07) is 0. The summed E-state index contributed by atoms with van der Waals surface area (Å²) in [5.41, 5.74) is 0.942. The zero-order chi connectivity index (χ0) is 12.8. The van der Waals surface area contributed by atoms with Crippen molar-refractivity contribution < 1.29 is 4.79 Å². The van der Waals surface area contributed by atoms with Crippen molar-refractivity contribution in [2.75, 3.05) is 26.2 Å². The van der Waals surface area contributed by atoms with Crippen LogP contribution in [0.5, 0.6) is 0 Å². The number of carbonyl (C=O) groups is 1. The molecule has 1 aliphatic rings. The van der Waals surface area contributed by atoms with E-state index in [2.05, 4.69) is 15.2 Å². The van der Waals surface area contributed by atoms with Gasteiger partial charge in [-0.3, -0.25) is 4.79 Å². The van der Waals surface area contributed by atoms with Crippen LogP contribution in [-0.2, 0) is 11.3 Å². The van der Waals surface area contributed by atoms with Crippen molar-refractivity contribution in [1.29, 1.82) is 0 Å². The second-order valence-electron chi connectivity index (χ2n) is 4.94. The highest BCUT2D eigenvalue weighted by atomic mass is 16.1. The number of nitrogens with one attached hydrogen (secondary N) is 1. The Bertz CT molecular complexity index is 382. The first-order valence-electron chi connectivity index (χ1n) is 6.71. The van der Waals surface area contributed by atoms with Crippen LogP contribution >= 0.6 is 0 Å². The largest absolute Gasteiger partial charge is 0.355 e. The third-order valence-electron chi connectivity index (χ3n) is 3.26. The minimum absolute atomic E-state index is 0.0637. The molecule has 18 heavy (non-hydrogen) atoms. The molecule has 1 aromatic heterocycles. The molecular weight excluding hydrogens is 228 g/mol. The fraction of sp³-hybridized carbons (Fsp3) is 0.692. The lowest BCUT2D eigenvalue weighted by Gasteiger charge is -2.14. The van der Waals surface area contributed by atoms with Gasteiger partial charge in [-0.2, -0.15) is 0 Å². The number of carbonyl (C=O) groups excluding carboxylic acids is 1. The molecule has 1 aliphatic heterocycles. The maximum atomic E-state index is 11.6. The predicted octanol–water partition coefficient (Wildman–Crippen LogP) is 0.794. The Balaban J connectivity index is 1.57. The summed E-state index contributed by atoms with van der Waals surface area (Å²) >= 11 is 0. The summed E-state index contributed by atoms with van der Waals surface area (Å²) < 4.78 is 1.81. The molecule has 1 aromatic rings. The molecule has 0 atom stereocenters. The SMILES string of the molecule is Cc1cn(CC(=O)NCCCN2CCCC2)cn1. The van der Waals surface area contributed by atoms with Gasteiger partial charge in [0.1, 0.15) is 6.54 Å². The van der Waals surface area contributed by atoms with E-state index in [4.69, 9.17) is 0 Å². The normalized spacial score (nSPS) is 16.1. The number of imidazole rings is 1. The van der Waals surface area contributed by atoms with Crippen LogP contribution in [0, 0.1) is 6.92 Å². The number of aryl methyl sites for hydroxylation is 1. The molecule has 0 saturated carbocycles. The molecule has 0 spiro atoms. The van der Waals surface area contributed by atoms with Crippen LogP contribution in [0.4, 0.5) is 0 Å². The van der Waals surface area contributed by atoms with E-state index in [9.17, 15) is 4.79 Å².